The average molecular weight is 530 g/mol. The van der Waals surface area contributed by atoms with Crippen LogP contribution in [0, 0.1) is 0 Å². The van der Waals surface area contributed by atoms with Gasteiger partial charge in [0, 0.05) is 31.0 Å². The van der Waals surface area contributed by atoms with Crippen LogP contribution in [0.4, 0.5) is 20.3 Å². The van der Waals surface area contributed by atoms with Gasteiger partial charge in [0.25, 0.3) is 5.91 Å². The van der Waals surface area contributed by atoms with E-state index in [4.69, 9.17) is 25.9 Å². The maximum atomic E-state index is 12.9. The van der Waals surface area contributed by atoms with E-state index in [1.165, 1.54) is 36.7 Å². The van der Waals surface area contributed by atoms with Crippen LogP contribution in [0.3, 0.4) is 0 Å². The van der Waals surface area contributed by atoms with Gasteiger partial charge in [-0.2, -0.15) is 13.9 Å². The van der Waals surface area contributed by atoms with E-state index in [0.29, 0.717) is 30.0 Å². The number of carbonyl (C=O) groups is 1. The first-order chi connectivity index (χ1) is 16.6. The number of H-pyrrole nitrogens is 1. The van der Waals surface area contributed by atoms with Crippen molar-refractivity contribution in [2.24, 2.45) is 0 Å². The zero-order chi connectivity index (χ0) is 25.2. The van der Waals surface area contributed by atoms with Crippen LogP contribution >= 0.6 is 19.4 Å². The fourth-order valence-corrected chi connectivity index (χ4v) is 4.43. The van der Waals surface area contributed by atoms with Crippen molar-refractivity contribution in [1.29, 1.82) is 0 Å². The van der Waals surface area contributed by atoms with Gasteiger partial charge >= 0.3 is 14.4 Å². The van der Waals surface area contributed by atoms with Gasteiger partial charge in [-0.1, -0.05) is 17.7 Å². The molecule has 0 spiro atoms. The number of rotatable bonds is 8. The molecule has 1 atom stereocenters. The normalized spacial score (nSPS) is 16.1. The predicted molar refractivity (Wildman–Crippen MR) is 122 cm³/mol. The molecule has 1 amide bonds. The van der Waals surface area contributed by atoms with Gasteiger partial charge in [0.05, 0.1) is 28.1 Å². The zero-order valence-electron chi connectivity index (χ0n) is 17.8. The average Bonchev–Trinajstić information content (AvgIpc) is 3.47. The van der Waals surface area contributed by atoms with Crippen molar-refractivity contribution in [1.82, 2.24) is 15.2 Å². The Morgan fingerprint density at radius 2 is 2.14 bits per heavy atom. The molecule has 1 aromatic carbocycles. The van der Waals surface area contributed by atoms with E-state index in [0.717, 1.165) is 0 Å². The third kappa shape index (κ3) is 6.13. The van der Waals surface area contributed by atoms with E-state index in [-0.39, 0.29) is 28.6 Å². The number of benzene rings is 1. The van der Waals surface area contributed by atoms with Crippen LogP contribution in [-0.4, -0.2) is 56.7 Å². The summed E-state index contributed by atoms with van der Waals surface area (Å²) in [6, 6.07) is 7.37. The minimum atomic E-state index is -4.65. The number of ether oxygens (including phenoxy) is 1. The first-order valence-electron chi connectivity index (χ1n) is 10.1. The van der Waals surface area contributed by atoms with Crippen molar-refractivity contribution in [2.75, 3.05) is 23.3 Å². The Hall–Kier alpha value is -3.09. The third-order valence-electron chi connectivity index (χ3n) is 5.07. The molecule has 3 heterocycles. The van der Waals surface area contributed by atoms with Crippen molar-refractivity contribution < 1.29 is 37.2 Å². The van der Waals surface area contributed by atoms with Gasteiger partial charge in [0.2, 0.25) is 0 Å². The summed E-state index contributed by atoms with van der Waals surface area (Å²) in [6.45, 7) is -2.57. The highest BCUT2D eigenvalue weighted by atomic mass is 35.5. The number of anilines is 2. The number of phosphoric ester groups is 1. The lowest BCUT2D eigenvalue weighted by Gasteiger charge is -2.21. The second kappa shape index (κ2) is 10.3. The summed E-state index contributed by atoms with van der Waals surface area (Å²) in [4.78, 5) is 37.3. The van der Waals surface area contributed by atoms with Crippen LogP contribution in [0.15, 0.2) is 42.7 Å². The summed E-state index contributed by atoms with van der Waals surface area (Å²) in [5.74, 6) is -0.591. The van der Waals surface area contributed by atoms with Crippen LogP contribution in [0.2, 0.25) is 5.02 Å². The smallest absolute Gasteiger partial charge is 0.431 e. The summed E-state index contributed by atoms with van der Waals surface area (Å²) in [5, 5.41) is 9.11. The molecule has 186 valence electrons. The van der Waals surface area contributed by atoms with Gasteiger partial charge in [-0.15, -0.1) is 0 Å². The summed E-state index contributed by atoms with van der Waals surface area (Å²) in [7, 11) is -4.65. The molecule has 15 heteroatoms. The quantitative estimate of drug-likeness (QED) is 0.320. The second-order valence-corrected chi connectivity index (χ2v) is 9.07. The van der Waals surface area contributed by atoms with Crippen molar-refractivity contribution in [3.63, 3.8) is 0 Å². The van der Waals surface area contributed by atoms with Crippen molar-refractivity contribution in [3.05, 3.63) is 53.3 Å². The van der Waals surface area contributed by atoms with E-state index in [9.17, 15) is 18.1 Å². The number of aromatic amines is 1. The number of hydrogen-bond acceptors (Lipinski definition) is 7. The first kappa shape index (κ1) is 25.0. The lowest BCUT2D eigenvalue weighted by Crippen LogP contribution is -2.24. The number of pyridine rings is 1. The number of alkyl halides is 2. The molecule has 4 N–H and O–H groups in total. The number of amides is 1. The highest BCUT2D eigenvalue weighted by molar-refractivity contribution is 7.46. The fourth-order valence-electron chi connectivity index (χ4n) is 3.65. The Bertz CT molecular complexity index is 1260. The number of hydrogen-bond donors (Lipinski definition) is 4. The standard InChI is InChI=1S/C20H19ClF2N5O6P/c21-14-2-1-3-16(17(14)33-20(22)23)26-19(29)11-8-13(15-4-6-25-27-15)18(24-9-11)28-7-5-12(10-28)34-35(30,31)32/h1-4,6,8-9,12,20H,5,7,10H2,(H,25,27)(H,26,29)(H2,30,31,32). The minimum absolute atomic E-state index is 0.0491. The van der Waals surface area contributed by atoms with Gasteiger partial charge < -0.3 is 24.7 Å². The number of aromatic nitrogens is 3. The van der Waals surface area contributed by atoms with E-state index in [2.05, 4.69) is 25.2 Å². The van der Waals surface area contributed by atoms with E-state index >= 15 is 0 Å². The van der Waals surface area contributed by atoms with Crippen LogP contribution < -0.4 is 15.0 Å². The summed E-state index contributed by atoms with van der Waals surface area (Å²) in [6.07, 6.45) is 2.46. The number of nitrogens with zero attached hydrogens (tertiary/aromatic N) is 3. The fraction of sp³-hybridized carbons (Fsp3) is 0.250. The van der Waals surface area contributed by atoms with Gasteiger partial charge in [0.15, 0.2) is 5.75 Å². The molecule has 1 unspecified atom stereocenters. The lowest BCUT2D eigenvalue weighted by molar-refractivity contribution is -0.0493. The van der Waals surface area contributed by atoms with Crippen LogP contribution in [-0.2, 0) is 9.09 Å². The SMILES string of the molecule is O=C(Nc1cccc(Cl)c1OC(F)F)c1cnc(N2CCC(OP(=O)(O)O)C2)c(-c2ccn[nH]2)c1. The maximum Gasteiger partial charge on any atom is 0.469 e. The molecular weight excluding hydrogens is 511 g/mol. The van der Waals surface area contributed by atoms with Crippen molar-refractivity contribution >= 4 is 36.8 Å². The molecule has 1 aliphatic heterocycles. The van der Waals surface area contributed by atoms with Gasteiger partial charge in [0.1, 0.15) is 5.82 Å². The first-order valence-corrected chi connectivity index (χ1v) is 12.0. The summed E-state index contributed by atoms with van der Waals surface area (Å²) < 4.78 is 46.0. The van der Waals surface area contributed by atoms with Crippen molar-refractivity contribution in [2.45, 2.75) is 19.1 Å². The third-order valence-corrected chi connectivity index (χ3v) is 5.94. The maximum absolute atomic E-state index is 12.9. The molecule has 1 aliphatic rings. The topological polar surface area (TPSA) is 150 Å². The van der Waals surface area contributed by atoms with Crippen LogP contribution in [0.25, 0.3) is 11.3 Å². The predicted octanol–water partition coefficient (Wildman–Crippen LogP) is 3.67. The Morgan fingerprint density at radius 3 is 2.83 bits per heavy atom. The van der Waals surface area contributed by atoms with E-state index in [1.54, 1.807) is 11.0 Å². The highest BCUT2D eigenvalue weighted by Gasteiger charge is 2.31. The molecular formula is C20H19ClF2N5O6P. The molecule has 0 radical (unpaired) electrons. The van der Waals surface area contributed by atoms with E-state index in [1.807, 2.05) is 0 Å². The second-order valence-electron chi connectivity index (χ2n) is 7.47. The Morgan fingerprint density at radius 1 is 1.34 bits per heavy atom. The molecule has 0 saturated carbocycles. The van der Waals surface area contributed by atoms with Gasteiger partial charge in [-0.25, -0.2) is 9.55 Å². The number of carbonyl (C=O) groups excluding carboxylic acids is 1. The number of halogens is 3. The monoisotopic (exact) mass is 529 g/mol. The van der Waals surface area contributed by atoms with Crippen molar-refractivity contribution in [3.8, 4) is 17.0 Å². The van der Waals surface area contributed by atoms with Gasteiger partial charge in [-0.3, -0.25) is 14.4 Å². The zero-order valence-corrected chi connectivity index (χ0v) is 19.4. The number of phosphoric acid groups is 1. The summed E-state index contributed by atoms with van der Waals surface area (Å²) >= 11 is 5.94. The molecule has 1 fully saturated rings. The van der Waals surface area contributed by atoms with Crippen LogP contribution in [0.1, 0.15) is 16.8 Å². The molecule has 3 aromatic rings. The molecule has 35 heavy (non-hydrogen) atoms. The molecule has 0 bridgehead atoms. The molecule has 4 rings (SSSR count). The molecule has 1 saturated heterocycles. The Labute approximate surface area is 202 Å². The lowest BCUT2D eigenvalue weighted by atomic mass is 10.1. The Kier molecular flexibility index (Phi) is 7.33. The van der Waals surface area contributed by atoms with Gasteiger partial charge in [-0.05, 0) is 30.7 Å². The molecule has 2 aromatic heterocycles. The minimum Gasteiger partial charge on any atom is -0.431 e. The molecule has 0 aliphatic carbocycles. The van der Waals surface area contributed by atoms with Crippen LogP contribution in [0.5, 0.6) is 5.75 Å². The largest absolute Gasteiger partial charge is 0.469 e. The summed E-state index contributed by atoms with van der Waals surface area (Å²) in [5.41, 5.74) is 1.07. The molecule has 11 nitrogen and oxygen atoms in total. The number of nitrogens with one attached hydrogen (secondary N) is 2. The highest BCUT2D eigenvalue weighted by Crippen LogP contribution is 2.41. The number of para-hydroxylation sites is 1. The van der Waals surface area contributed by atoms with E-state index < -0.39 is 26.4 Å². The Balaban J connectivity index is 1.61.